The lowest BCUT2D eigenvalue weighted by Crippen LogP contribution is -2.33. The quantitative estimate of drug-likeness (QED) is 0.756. The van der Waals surface area contributed by atoms with Gasteiger partial charge in [-0.3, -0.25) is 5.32 Å². The highest BCUT2D eigenvalue weighted by molar-refractivity contribution is 5.42. The SMILES string of the molecule is CC(C)(CNCO)c1ccc2c(c1)CCO2. The van der Waals surface area contributed by atoms with E-state index in [9.17, 15) is 0 Å². The average molecular weight is 221 g/mol. The number of nitrogens with one attached hydrogen (secondary N) is 1. The van der Waals surface area contributed by atoms with Gasteiger partial charge in [0, 0.05) is 18.4 Å². The molecule has 0 radical (unpaired) electrons. The zero-order chi connectivity index (χ0) is 11.6. The van der Waals surface area contributed by atoms with Gasteiger partial charge in [-0.2, -0.15) is 0 Å². The number of hydrogen-bond acceptors (Lipinski definition) is 3. The molecular formula is C13H19NO2. The third-order valence-electron chi connectivity index (χ3n) is 3.15. The van der Waals surface area contributed by atoms with Crippen molar-refractivity contribution in [2.24, 2.45) is 0 Å². The third-order valence-corrected chi connectivity index (χ3v) is 3.15. The fraction of sp³-hybridized carbons (Fsp3) is 0.538. The molecule has 0 fully saturated rings. The summed E-state index contributed by atoms with van der Waals surface area (Å²) in [6.45, 7) is 5.94. The second-order valence-electron chi connectivity index (χ2n) is 4.89. The maximum Gasteiger partial charge on any atom is 0.122 e. The van der Waals surface area contributed by atoms with Crippen LogP contribution >= 0.6 is 0 Å². The van der Waals surface area contributed by atoms with Gasteiger partial charge in [-0.05, 0) is 17.2 Å². The Hall–Kier alpha value is -1.06. The molecule has 2 N–H and O–H groups in total. The van der Waals surface area contributed by atoms with E-state index in [-0.39, 0.29) is 12.1 Å². The standard InChI is InChI=1S/C13H19NO2/c1-13(2,8-14-9-15)11-3-4-12-10(7-11)5-6-16-12/h3-4,7,14-15H,5-6,8-9H2,1-2H3. The Bertz CT molecular complexity index is 374. The molecule has 3 nitrogen and oxygen atoms in total. The van der Waals surface area contributed by atoms with Gasteiger partial charge in [0.1, 0.15) is 5.75 Å². The van der Waals surface area contributed by atoms with Crippen LogP contribution in [0.5, 0.6) is 5.75 Å². The van der Waals surface area contributed by atoms with E-state index >= 15 is 0 Å². The number of benzene rings is 1. The Morgan fingerprint density at radius 2 is 2.25 bits per heavy atom. The summed E-state index contributed by atoms with van der Waals surface area (Å²) in [5.74, 6) is 1.02. The summed E-state index contributed by atoms with van der Waals surface area (Å²) < 4.78 is 5.49. The van der Waals surface area contributed by atoms with Crippen molar-refractivity contribution in [3.8, 4) is 5.75 Å². The van der Waals surface area contributed by atoms with Gasteiger partial charge in [-0.15, -0.1) is 0 Å². The summed E-state index contributed by atoms with van der Waals surface area (Å²) >= 11 is 0. The highest BCUT2D eigenvalue weighted by Crippen LogP contribution is 2.31. The lowest BCUT2D eigenvalue weighted by atomic mass is 9.83. The smallest absolute Gasteiger partial charge is 0.122 e. The molecule has 0 saturated carbocycles. The summed E-state index contributed by atoms with van der Waals surface area (Å²) in [7, 11) is 0. The van der Waals surface area contributed by atoms with Crippen LogP contribution < -0.4 is 10.1 Å². The molecule has 1 aromatic carbocycles. The molecule has 1 aliphatic heterocycles. The minimum absolute atomic E-state index is 0.0253. The van der Waals surface area contributed by atoms with Crippen LogP contribution in [-0.4, -0.2) is 25.0 Å². The van der Waals surface area contributed by atoms with Crippen molar-refractivity contribution in [3.05, 3.63) is 29.3 Å². The summed E-state index contributed by atoms with van der Waals surface area (Å²) in [4.78, 5) is 0. The van der Waals surface area contributed by atoms with Gasteiger partial charge >= 0.3 is 0 Å². The molecule has 2 rings (SSSR count). The molecule has 0 bridgehead atoms. The number of fused-ring (bicyclic) bond motifs is 1. The monoisotopic (exact) mass is 221 g/mol. The molecule has 0 aromatic heterocycles. The fourth-order valence-corrected chi connectivity index (χ4v) is 2.08. The van der Waals surface area contributed by atoms with Crippen molar-refractivity contribution in [2.45, 2.75) is 25.7 Å². The molecule has 16 heavy (non-hydrogen) atoms. The first-order valence-corrected chi connectivity index (χ1v) is 5.71. The van der Waals surface area contributed by atoms with E-state index in [1.807, 2.05) is 0 Å². The number of rotatable bonds is 4. The first-order chi connectivity index (χ1) is 7.63. The second-order valence-corrected chi connectivity index (χ2v) is 4.89. The van der Waals surface area contributed by atoms with Gasteiger partial charge < -0.3 is 9.84 Å². The van der Waals surface area contributed by atoms with E-state index in [1.165, 1.54) is 11.1 Å². The van der Waals surface area contributed by atoms with Crippen LogP contribution in [-0.2, 0) is 11.8 Å². The minimum Gasteiger partial charge on any atom is -0.493 e. The summed E-state index contributed by atoms with van der Waals surface area (Å²) in [6, 6.07) is 6.39. The van der Waals surface area contributed by atoms with Gasteiger partial charge in [0.25, 0.3) is 0 Å². The number of aliphatic hydroxyl groups excluding tert-OH is 1. The Balaban J connectivity index is 2.20. The van der Waals surface area contributed by atoms with Crippen LogP contribution in [0.25, 0.3) is 0 Å². The highest BCUT2D eigenvalue weighted by Gasteiger charge is 2.22. The van der Waals surface area contributed by atoms with Crippen molar-refractivity contribution in [1.29, 1.82) is 0 Å². The van der Waals surface area contributed by atoms with Crippen LogP contribution in [0.1, 0.15) is 25.0 Å². The van der Waals surface area contributed by atoms with E-state index in [4.69, 9.17) is 9.84 Å². The van der Waals surface area contributed by atoms with Crippen molar-refractivity contribution in [1.82, 2.24) is 5.32 Å². The molecule has 0 aliphatic carbocycles. The molecule has 0 amide bonds. The highest BCUT2D eigenvalue weighted by atomic mass is 16.5. The number of aliphatic hydroxyl groups is 1. The molecular weight excluding hydrogens is 202 g/mol. The summed E-state index contributed by atoms with van der Waals surface area (Å²) in [5.41, 5.74) is 2.62. The second kappa shape index (κ2) is 4.44. The van der Waals surface area contributed by atoms with E-state index in [0.29, 0.717) is 0 Å². The van der Waals surface area contributed by atoms with E-state index in [2.05, 4.69) is 37.4 Å². The molecule has 0 unspecified atom stereocenters. The molecule has 1 heterocycles. The van der Waals surface area contributed by atoms with Crippen molar-refractivity contribution in [2.75, 3.05) is 19.9 Å². The zero-order valence-corrected chi connectivity index (χ0v) is 9.92. The normalized spacial score (nSPS) is 14.7. The lowest BCUT2D eigenvalue weighted by molar-refractivity contribution is 0.247. The molecule has 0 atom stereocenters. The molecule has 1 aliphatic rings. The van der Waals surface area contributed by atoms with Crippen LogP contribution in [0.15, 0.2) is 18.2 Å². The number of hydrogen-bond donors (Lipinski definition) is 2. The molecule has 0 spiro atoms. The van der Waals surface area contributed by atoms with Crippen LogP contribution in [0, 0.1) is 0 Å². The Morgan fingerprint density at radius 3 is 3.00 bits per heavy atom. The first-order valence-electron chi connectivity index (χ1n) is 5.71. The van der Waals surface area contributed by atoms with E-state index in [1.54, 1.807) is 0 Å². The van der Waals surface area contributed by atoms with Gasteiger partial charge in [0.05, 0.1) is 13.3 Å². The molecule has 0 saturated heterocycles. The third kappa shape index (κ3) is 2.20. The molecule has 3 heteroatoms. The summed E-state index contributed by atoms with van der Waals surface area (Å²) in [5, 5.41) is 11.8. The Labute approximate surface area is 96.4 Å². The predicted molar refractivity (Wildman–Crippen MR) is 63.8 cm³/mol. The van der Waals surface area contributed by atoms with E-state index in [0.717, 1.165) is 25.3 Å². The van der Waals surface area contributed by atoms with Crippen molar-refractivity contribution < 1.29 is 9.84 Å². The van der Waals surface area contributed by atoms with E-state index < -0.39 is 0 Å². The average Bonchev–Trinajstić information content (AvgIpc) is 2.73. The maximum absolute atomic E-state index is 8.80. The molecule has 1 aromatic rings. The Morgan fingerprint density at radius 1 is 1.44 bits per heavy atom. The zero-order valence-electron chi connectivity index (χ0n) is 9.92. The van der Waals surface area contributed by atoms with Crippen LogP contribution in [0.4, 0.5) is 0 Å². The predicted octanol–water partition coefficient (Wildman–Crippen LogP) is 1.44. The van der Waals surface area contributed by atoms with Crippen LogP contribution in [0.3, 0.4) is 0 Å². The van der Waals surface area contributed by atoms with Gasteiger partial charge in [-0.1, -0.05) is 26.0 Å². The number of ether oxygens (including phenoxy) is 1. The van der Waals surface area contributed by atoms with Crippen molar-refractivity contribution in [3.63, 3.8) is 0 Å². The van der Waals surface area contributed by atoms with Gasteiger partial charge in [0.2, 0.25) is 0 Å². The van der Waals surface area contributed by atoms with Gasteiger partial charge in [0.15, 0.2) is 0 Å². The molecule has 88 valence electrons. The lowest BCUT2D eigenvalue weighted by Gasteiger charge is -2.25. The maximum atomic E-state index is 8.80. The Kier molecular flexibility index (Phi) is 3.17. The minimum atomic E-state index is 0.0253. The first kappa shape index (κ1) is 11.4. The summed E-state index contributed by atoms with van der Waals surface area (Å²) in [6.07, 6.45) is 1.01. The van der Waals surface area contributed by atoms with Gasteiger partial charge in [-0.25, -0.2) is 0 Å². The van der Waals surface area contributed by atoms with Crippen LogP contribution in [0.2, 0.25) is 0 Å². The van der Waals surface area contributed by atoms with Crippen molar-refractivity contribution >= 4 is 0 Å². The topological polar surface area (TPSA) is 41.5 Å². The largest absolute Gasteiger partial charge is 0.493 e. The fourth-order valence-electron chi connectivity index (χ4n) is 2.08.